The number of nitrogen functional groups attached to an aromatic ring is 1. The summed E-state index contributed by atoms with van der Waals surface area (Å²) in [5, 5.41) is 4.95. The fourth-order valence-electron chi connectivity index (χ4n) is 2.40. The Hall–Kier alpha value is -2.79. The van der Waals surface area contributed by atoms with Gasteiger partial charge in [-0.2, -0.15) is 5.10 Å². The van der Waals surface area contributed by atoms with Crippen molar-refractivity contribution in [2.45, 2.75) is 20.5 Å². The lowest BCUT2D eigenvalue weighted by Gasteiger charge is -2.11. The van der Waals surface area contributed by atoms with E-state index in [1.54, 1.807) is 24.5 Å². The Morgan fingerprint density at radius 3 is 2.76 bits per heavy atom. The van der Waals surface area contributed by atoms with Crippen LogP contribution in [0.15, 0.2) is 53.8 Å². The highest BCUT2D eigenvalue weighted by Gasteiger charge is 2.06. The van der Waals surface area contributed by atoms with Crippen LogP contribution in [0.5, 0.6) is 5.75 Å². The van der Waals surface area contributed by atoms with Gasteiger partial charge in [0.2, 0.25) is 5.95 Å². The van der Waals surface area contributed by atoms with Gasteiger partial charge in [0.25, 0.3) is 0 Å². The molecule has 0 radical (unpaired) electrons. The predicted octanol–water partition coefficient (Wildman–Crippen LogP) is 4.20. The van der Waals surface area contributed by atoms with Gasteiger partial charge in [0, 0.05) is 10.6 Å². The van der Waals surface area contributed by atoms with Gasteiger partial charge >= 0.3 is 0 Å². The van der Waals surface area contributed by atoms with E-state index in [-0.39, 0.29) is 0 Å². The third-order valence-corrected chi connectivity index (χ3v) is 4.01. The third kappa shape index (κ3) is 4.19. The van der Waals surface area contributed by atoms with Crippen molar-refractivity contribution in [1.82, 2.24) is 9.66 Å². The zero-order chi connectivity index (χ0) is 17.8. The average molecular weight is 355 g/mol. The molecule has 0 aliphatic carbocycles. The monoisotopic (exact) mass is 354 g/mol. The van der Waals surface area contributed by atoms with E-state index in [2.05, 4.69) is 23.1 Å². The Bertz CT molecular complexity index is 918. The molecule has 0 aliphatic rings. The molecular weight excluding hydrogens is 336 g/mol. The minimum absolute atomic E-state index is 0.332. The number of anilines is 1. The van der Waals surface area contributed by atoms with E-state index >= 15 is 0 Å². The number of ether oxygens (including phenoxy) is 1. The van der Waals surface area contributed by atoms with Gasteiger partial charge in [-0.15, -0.1) is 0 Å². The second-order valence-corrected chi connectivity index (χ2v) is 6.16. The number of nitrogens with two attached hydrogens (primary N) is 1. The van der Waals surface area contributed by atoms with Crippen LogP contribution in [0, 0.1) is 13.8 Å². The molecule has 0 aliphatic heterocycles. The molecule has 6 heteroatoms. The van der Waals surface area contributed by atoms with Crippen LogP contribution in [-0.4, -0.2) is 15.9 Å². The maximum Gasteiger partial charge on any atom is 0.221 e. The Morgan fingerprint density at radius 2 is 2.04 bits per heavy atom. The van der Waals surface area contributed by atoms with Gasteiger partial charge in [-0.25, -0.2) is 9.66 Å². The summed E-state index contributed by atoms with van der Waals surface area (Å²) < 4.78 is 7.49. The van der Waals surface area contributed by atoms with E-state index in [1.807, 2.05) is 31.2 Å². The molecule has 5 nitrogen and oxygen atoms in total. The lowest BCUT2D eigenvalue weighted by Crippen LogP contribution is -2.01. The minimum atomic E-state index is 0.332. The normalized spacial score (nSPS) is 11.2. The highest BCUT2D eigenvalue weighted by atomic mass is 35.5. The van der Waals surface area contributed by atoms with Crippen molar-refractivity contribution >= 4 is 23.8 Å². The lowest BCUT2D eigenvalue weighted by atomic mass is 10.1. The summed E-state index contributed by atoms with van der Waals surface area (Å²) in [6.45, 7) is 4.40. The SMILES string of the molecule is Cc1cn(N=Cc2cc(Cl)ccc2OCc2ccccc2C)c(N)n1. The molecule has 3 rings (SSSR count). The summed E-state index contributed by atoms with van der Waals surface area (Å²) in [5.74, 6) is 1.03. The van der Waals surface area contributed by atoms with Crippen LogP contribution in [0.3, 0.4) is 0 Å². The first-order valence-corrected chi connectivity index (χ1v) is 8.23. The average Bonchev–Trinajstić information content (AvgIpc) is 2.91. The van der Waals surface area contributed by atoms with E-state index in [9.17, 15) is 0 Å². The molecular formula is C19H19ClN4O. The second kappa shape index (κ2) is 7.40. The van der Waals surface area contributed by atoms with Crippen LogP contribution in [0.1, 0.15) is 22.4 Å². The van der Waals surface area contributed by atoms with Gasteiger partial charge in [0.15, 0.2) is 0 Å². The van der Waals surface area contributed by atoms with Crippen molar-refractivity contribution in [2.24, 2.45) is 5.10 Å². The molecule has 2 aromatic carbocycles. The number of benzene rings is 2. The van der Waals surface area contributed by atoms with Crippen LogP contribution < -0.4 is 10.5 Å². The first kappa shape index (κ1) is 17.0. The molecule has 2 N–H and O–H groups in total. The number of rotatable bonds is 5. The highest BCUT2D eigenvalue weighted by Crippen LogP contribution is 2.23. The van der Waals surface area contributed by atoms with Gasteiger partial charge in [0.1, 0.15) is 12.4 Å². The predicted molar refractivity (Wildman–Crippen MR) is 101 cm³/mol. The number of aryl methyl sites for hydroxylation is 2. The van der Waals surface area contributed by atoms with Gasteiger partial charge < -0.3 is 10.5 Å². The Labute approximate surface area is 151 Å². The van der Waals surface area contributed by atoms with E-state index in [0.717, 1.165) is 16.8 Å². The standard InChI is InChI=1S/C19H19ClN4O/c1-13-5-3-4-6-15(13)12-25-18-8-7-17(20)9-16(18)10-22-24-11-14(2)23-19(24)21/h3-11H,12H2,1-2H3,(H2,21,23). The van der Waals surface area contributed by atoms with E-state index in [4.69, 9.17) is 22.1 Å². The van der Waals surface area contributed by atoms with Crippen molar-refractivity contribution in [1.29, 1.82) is 0 Å². The van der Waals surface area contributed by atoms with Gasteiger partial charge in [-0.1, -0.05) is 35.9 Å². The Morgan fingerprint density at radius 1 is 1.24 bits per heavy atom. The van der Waals surface area contributed by atoms with Crippen LogP contribution in [0.25, 0.3) is 0 Å². The summed E-state index contributed by atoms with van der Waals surface area (Å²) in [6.07, 6.45) is 3.42. The van der Waals surface area contributed by atoms with E-state index in [1.165, 1.54) is 10.2 Å². The second-order valence-electron chi connectivity index (χ2n) is 5.73. The molecule has 1 heterocycles. The molecule has 0 atom stereocenters. The van der Waals surface area contributed by atoms with E-state index in [0.29, 0.717) is 23.3 Å². The maximum absolute atomic E-state index is 6.12. The van der Waals surface area contributed by atoms with Crippen LogP contribution in [0.2, 0.25) is 5.02 Å². The fourth-order valence-corrected chi connectivity index (χ4v) is 2.58. The Balaban J connectivity index is 1.83. The molecule has 0 saturated heterocycles. The van der Waals surface area contributed by atoms with Crippen molar-refractivity contribution in [3.05, 3.63) is 76.1 Å². The quantitative estimate of drug-likeness (QED) is 0.698. The van der Waals surface area contributed by atoms with Crippen LogP contribution >= 0.6 is 11.6 Å². The molecule has 0 spiro atoms. The van der Waals surface area contributed by atoms with E-state index < -0.39 is 0 Å². The van der Waals surface area contributed by atoms with Crippen molar-refractivity contribution in [2.75, 3.05) is 5.73 Å². The molecule has 0 amide bonds. The summed E-state index contributed by atoms with van der Waals surface area (Å²) in [4.78, 5) is 4.12. The molecule has 128 valence electrons. The van der Waals surface area contributed by atoms with Crippen molar-refractivity contribution < 1.29 is 4.74 Å². The van der Waals surface area contributed by atoms with Gasteiger partial charge in [-0.3, -0.25) is 0 Å². The van der Waals surface area contributed by atoms with Gasteiger partial charge in [-0.05, 0) is 43.2 Å². The fraction of sp³-hybridized carbons (Fsp3) is 0.158. The molecule has 3 aromatic rings. The summed E-state index contributed by atoms with van der Waals surface area (Å²) in [7, 11) is 0. The molecule has 0 saturated carbocycles. The van der Waals surface area contributed by atoms with Crippen molar-refractivity contribution in [3.63, 3.8) is 0 Å². The number of aromatic nitrogens is 2. The zero-order valence-corrected chi connectivity index (χ0v) is 14.9. The smallest absolute Gasteiger partial charge is 0.221 e. The number of imidazole rings is 1. The Kier molecular flexibility index (Phi) is 5.05. The van der Waals surface area contributed by atoms with Gasteiger partial charge in [0.05, 0.1) is 18.1 Å². The molecule has 0 bridgehead atoms. The summed E-state index contributed by atoms with van der Waals surface area (Å²) in [5.41, 5.74) is 9.70. The molecule has 25 heavy (non-hydrogen) atoms. The number of hydrogen-bond donors (Lipinski definition) is 1. The van der Waals surface area contributed by atoms with Crippen molar-refractivity contribution in [3.8, 4) is 5.75 Å². The maximum atomic E-state index is 6.12. The largest absolute Gasteiger partial charge is 0.488 e. The number of halogens is 1. The summed E-state index contributed by atoms with van der Waals surface area (Å²) >= 11 is 6.12. The highest BCUT2D eigenvalue weighted by molar-refractivity contribution is 6.30. The van der Waals surface area contributed by atoms with Crippen LogP contribution in [-0.2, 0) is 6.61 Å². The molecule has 0 fully saturated rings. The summed E-state index contributed by atoms with van der Waals surface area (Å²) in [6, 6.07) is 13.6. The number of nitrogens with zero attached hydrogens (tertiary/aromatic N) is 3. The van der Waals surface area contributed by atoms with Crippen LogP contribution in [0.4, 0.5) is 5.95 Å². The topological polar surface area (TPSA) is 65.4 Å². The number of hydrogen-bond acceptors (Lipinski definition) is 4. The minimum Gasteiger partial charge on any atom is -0.488 e. The third-order valence-electron chi connectivity index (χ3n) is 3.77. The zero-order valence-electron chi connectivity index (χ0n) is 14.1. The lowest BCUT2D eigenvalue weighted by molar-refractivity contribution is 0.305. The first-order chi connectivity index (χ1) is 12.0. The molecule has 1 aromatic heterocycles. The molecule has 0 unspecified atom stereocenters. The first-order valence-electron chi connectivity index (χ1n) is 7.85.